The molecule has 0 spiro atoms. The minimum Gasteiger partial charge on any atom is -0.113 e. The molecular weight excluding hydrogens is 408 g/mol. The molecule has 0 aliphatic rings. The topological polar surface area (TPSA) is 0 Å². The van der Waals surface area contributed by atoms with Crippen molar-refractivity contribution < 1.29 is 0 Å². The van der Waals surface area contributed by atoms with Crippen LogP contribution >= 0.6 is 11.6 Å². The number of benzene rings is 2. The summed E-state index contributed by atoms with van der Waals surface area (Å²) in [5.74, 6) is 2.75. The summed E-state index contributed by atoms with van der Waals surface area (Å²) in [6, 6.07) is 9.72. The fourth-order valence-electron chi connectivity index (χ4n) is 4.75. The fourth-order valence-corrected chi connectivity index (χ4v) is 5.26. The monoisotopic (exact) mass is 454 g/mol. The Labute approximate surface area is 204 Å². The van der Waals surface area contributed by atoms with Crippen LogP contribution in [-0.4, -0.2) is 0 Å². The van der Waals surface area contributed by atoms with Crippen LogP contribution in [-0.2, 0) is 0 Å². The van der Waals surface area contributed by atoms with Crippen LogP contribution < -0.4 is 0 Å². The highest BCUT2D eigenvalue weighted by Gasteiger charge is 2.29. The normalized spacial score (nSPS) is 12.6. The summed E-state index contributed by atoms with van der Waals surface area (Å²) in [4.78, 5) is 0. The van der Waals surface area contributed by atoms with E-state index in [1.165, 1.54) is 44.5 Å². The molecule has 0 radical (unpaired) electrons. The van der Waals surface area contributed by atoms with Gasteiger partial charge in [0, 0.05) is 0 Å². The second-order valence-corrected chi connectivity index (χ2v) is 12.0. The Morgan fingerprint density at radius 3 is 0.781 bits per heavy atom. The van der Waals surface area contributed by atoms with Crippen LogP contribution in [0.3, 0.4) is 0 Å². The smallest absolute Gasteiger partial charge is 0.0846 e. The second-order valence-electron chi connectivity index (χ2n) is 11.5. The molecule has 0 aromatic heterocycles. The Morgan fingerprint density at radius 1 is 0.406 bits per heavy atom. The van der Waals surface area contributed by atoms with E-state index in [-0.39, 0.29) is 5.38 Å². The molecule has 0 atom stereocenters. The Kier molecular flexibility index (Phi) is 9.08. The highest BCUT2D eigenvalue weighted by molar-refractivity contribution is 6.23. The first kappa shape index (κ1) is 27.0. The zero-order chi connectivity index (χ0) is 24.5. The van der Waals surface area contributed by atoms with E-state index in [0.29, 0.717) is 35.5 Å². The standard InChI is InChI=1S/C31H47Cl/c1-17(2)23-13-25(19(5)6)29(26(14-23)20(7)8)31(32)30-27(21(9)10)15-24(18(3)4)16-28(30)22(11)12/h13-22,31H,1-12H3. The minimum atomic E-state index is -0.137. The summed E-state index contributed by atoms with van der Waals surface area (Å²) in [5, 5.41) is -0.137. The van der Waals surface area contributed by atoms with Gasteiger partial charge in [0.15, 0.2) is 0 Å². The van der Waals surface area contributed by atoms with Gasteiger partial charge in [-0.05, 0) is 80.0 Å². The third-order valence-electron chi connectivity index (χ3n) is 6.86. The van der Waals surface area contributed by atoms with Crippen LogP contribution in [0.25, 0.3) is 0 Å². The quantitative estimate of drug-likeness (QED) is 0.348. The molecule has 0 N–H and O–H groups in total. The van der Waals surface area contributed by atoms with E-state index in [0.717, 1.165) is 0 Å². The lowest BCUT2D eigenvalue weighted by Gasteiger charge is -2.30. The van der Waals surface area contributed by atoms with Gasteiger partial charge >= 0.3 is 0 Å². The zero-order valence-corrected chi connectivity index (χ0v) is 23.5. The van der Waals surface area contributed by atoms with E-state index in [4.69, 9.17) is 11.6 Å². The molecule has 0 aliphatic carbocycles. The highest BCUT2D eigenvalue weighted by atomic mass is 35.5. The largest absolute Gasteiger partial charge is 0.113 e. The van der Waals surface area contributed by atoms with Crippen molar-refractivity contribution in [3.63, 3.8) is 0 Å². The average molecular weight is 455 g/mol. The molecule has 0 amide bonds. The molecule has 0 aliphatic heterocycles. The van der Waals surface area contributed by atoms with Gasteiger partial charge in [0.25, 0.3) is 0 Å². The van der Waals surface area contributed by atoms with Crippen molar-refractivity contribution in [2.45, 2.75) is 124 Å². The van der Waals surface area contributed by atoms with Crippen molar-refractivity contribution >= 4 is 11.6 Å². The van der Waals surface area contributed by atoms with Crippen molar-refractivity contribution in [1.82, 2.24) is 0 Å². The molecule has 2 aromatic rings. The van der Waals surface area contributed by atoms with Gasteiger partial charge in [-0.3, -0.25) is 0 Å². The summed E-state index contributed by atoms with van der Waals surface area (Å²) < 4.78 is 0. The molecule has 0 saturated carbocycles. The van der Waals surface area contributed by atoms with Gasteiger partial charge < -0.3 is 0 Å². The van der Waals surface area contributed by atoms with Gasteiger partial charge in [-0.25, -0.2) is 0 Å². The lowest BCUT2D eigenvalue weighted by atomic mass is 9.77. The molecule has 0 nitrogen and oxygen atoms in total. The lowest BCUT2D eigenvalue weighted by Crippen LogP contribution is -2.14. The summed E-state index contributed by atoms with van der Waals surface area (Å²) >= 11 is 7.59. The molecule has 32 heavy (non-hydrogen) atoms. The van der Waals surface area contributed by atoms with E-state index in [1.807, 2.05) is 0 Å². The molecule has 178 valence electrons. The maximum Gasteiger partial charge on any atom is 0.0846 e. The van der Waals surface area contributed by atoms with E-state index in [9.17, 15) is 0 Å². The lowest BCUT2D eigenvalue weighted by molar-refractivity contribution is 0.755. The van der Waals surface area contributed by atoms with Gasteiger partial charge in [0.2, 0.25) is 0 Å². The first-order chi connectivity index (χ1) is 14.8. The molecule has 1 heteroatoms. The number of hydrogen-bond acceptors (Lipinski definition) is 0. The van der Waals surface area contributed by atoms with Crippen LogP contribution in [0.1, 0.15) is 168 Å². The molecule has 2 aromatic carbocycles. The number of alkyl halides is 1. The van der Waals surface area contributed by atoms with Gasteiger partial charge in [-0.15, -0.1) is 11.6 Å². The maximum atomic E-state index is 7.59. The molecule has 0 heterocycles. The summed E-state index contributed by atoms with van der Waals surface area (Å²) in [7, 11) is 0. The van der Waals surface area contributed by atoms with Crippen molar-refractivity contribution in [2.75, 3.05) is 0 Å². The molecule has 0 unspecified atom stereocenters. The van der Waals surface area contributed by atoms with Crippen LogP contribution in [0.15, 0.2) is 24.3 Å². The number of halogens is 1. The molecular formula is C31H47Cl. The number of hydrogen-bond donors (Lipinski definition) is 0. The third-order valence-corrected chi connectivity index (χ3v) is 7.30. The van der Waals surface area contributed by atoms with Gasteiger partial charge in [-0.2, -0.15) is 0 Å². The van der Waals surface area contributed by atoms with E-state index >= 15 is 0 Å². The van der Waals surface area contributed by atoms with Crippen molar-refractivity contribution in [3.8, 4) is 0 Å². The highest BCUT2D eigenvalue weighted by Crippen LogP contribution is 2.46. The van der Waals surface area contributed by atoms with E-state index in [2.05, 4.69) is 107 Å². The van der Waals surface area contributed by atoms with Crippen LogP contribution in [0.5, 0.6) is 0 Å². The molecule has 0 bridgehead atoms. The molecule has 2 rings (SSSR count). The molecule has 0 saturated heterocycles. The summed E-state index contributed by atoms with van der Waals surface area (Å²) in [6.07, 6.45) is 0. The van der Waals surface area contributed by atoms with E-state index in [1.54, 1.807) is 0 Å². The van der Waals surface area contributed by atoms with Gasteiger partial charge in [0.1, 0.15) is 0 Å². The average Bonchev–Trinajstić information content (AvgIpc) is 2.70. The zero-order valence-electron chi connectivity index (χ0n) is 22.7. The van der Waals surface area contributed by atoms with Gasteiger partial charge in [0.05, 0.1) is 5.38 Å². The van der Waals surface area contributed by atoms with Crippen molar-refractivity contribution in [3.05, 3.63) is 68.8 Å². The predicted molar refractivity (Wildman–Crippen MR) is 145 cm³/mol. The van der Waals surface area contributed by atoms with Crippen molar-refractivity contribution in [2.24, 2.45) is 0 Å². The Morgan fingerprint density at radius 2 is 0.625 bits per heavy atom. The third kappa shape index (κ3) is 5.61. The first-order valence-corrected chi connectivity index (χ1v) is 13.2. The Hall–Kier alpha value is -1.27. The fraction of sp³-hybridized carbons (Fsp3) is 0.613. The van der Waals surface area contributed by atoms with E-state index < -0.39 is 0 Å². The molecule has 0 fully saturated rings. The van der Waals surface area contributed by atoms with Crippen LogP contribution in [0, 0.1) is 0 Å². The first-order valence-electron chi connectivity index (χ1n) is 12.8. The van der Waals surface area contributed by atoms with Crippen LogP contribution in [0.4, 0.5) is 0 Å². The Bertz CT molecular complexity index is 779. The predicted octanol–water partition coefficient (Wildman–Crippen LogP) is 10.8. The Balaban J connectivity index is 2.94. The second kappa shape index (κ2) is 10.8. The van der Waals surface area contributed by atoms with Crippen molar-refractivity contribution in [1.29, 1.82) is 0 Å². The SMILES string of the molecule is CC(C)c1cc(C(C)C)c(C(Cl)c2c(C(C)C)cc(C(C)C)cc2C(C)C)c(C(C)C)c1. The van der Waals surface area contributed by atoms with Gasteiger partial charge in [-0.1, -0.05) is 107 Å². The number of rotatable bonds is 8. The summed E-state index contributed by atoms with van der Waals surface area (Å²) in [6.45, 7) is 27.7. The maximum absolute atomic E-state index is 7.59. The summed E-state index contributed by atoms with van der Waals surface area (Å²) in [5.41, 5.74) is 11.2. The minimum absolute atomic E-state index is 0.137. The van der Waals surface area contributed by atoms with Crippen LogP contribution in [0.2, 0.25) is 0 Å².